The van der Waals surface area contributed by atoms with E-state index in [0.29, 0.717) is 48.0 Å². The van der Waals surface area contributed by atoms with Crippen molar-refractivity contribution in [3.63, 3.8) is 0 Å². The Kier molecular flexibility index (Phi) is 10.7. The van der Waals surface area contributed by atoms with Crippen LogP contribution in [0.1, 0.15) is 72.4 Å². The summed E-state index contributed by atoms with van der Waals surface area (Å²) in [5.41, 5.74) is 0.692. The number of Topliss-reactive ketones (excluding diaryl/α,β-unsaturated/α-hetero) is 1. The molecule has 1 aliphatic heterocycles. The molecule has 1 aromatic heterocycles. The number of carbonyl (C=O) groups excluding carboxylic acids is 4. The van der Waals surface area contributed by atoms with E-state index in [4.69, 9.17) is 30.4 Å². The predicted octanol–water partition coefficient (Wildman–Crippen LogP) is 6.09. The van der Waals surface area contributed by atoms with E-state index in [0.717, 1.165) is 16.9 Å². The summed E-state index contributed by atoms with van der Waals surface area (Å²) in [5.74, 6) is -1.48. The zero-order valence-corrected chi connectivity index (χ0v) is 30.0. The molecule has 3 atom stereocenters. The molecule has 0 spiro atoms. The van der Waals surface area contributed by atoms with Crippen molar-refractivity contribution >= 4 is 56.7 Å². The van der Waals surface area contributed by atoms with Crippen LogP contribution in [0.15, 0.2) is 54.6 Å². The summed E-state index contributed by atoms with van der Waals surface area (Å²) < 4.78 is 46.8. The number of nitrogens with zero attached hydrogens (tertiary/aromatic N) is 1. The van der Waals surface area contributed by atoms with Gasteiger partial charge in [-0.3, -0.25) is 19.0 Å². The lowest BCUT2D eigenvalue weighted by molar-refractivity contribution is -0.147. The molecule has 2 heterocycles. The number of ketones is 1. The Hall–Kier alpha value is -3.62. The molecule has 2 fully saturated rings. The molecule has 49 heavy (non-hydrogen) atoms. The van der Waals surface area contributed by atoms with Gasteiger partial charge in [0.1, 0.15) is 23.1 Å². The van der Waals surface area contributed by atoms with Gasteiger partial charge in [0.15, 0.2) is 5.06 Å². The van der Waals surface area contributed by atoms with Gasteiger partial charge in [-0.2, -0.15) is 8.42 Å². The van der Waals surface area contributed by atoms with E-state index in [2.05, 4.69) is 0 Å². The predicted molar refractivity (Wildman–Crippen MR) is 182 cm³/mol. The van der Waals surface area contributed by atoms with Crippen molar-refractivity contribution in [3.05, 3.63) is 81.2 Å². The molecule has 3 aromatic rings. The van der Waals surface area contributed by atoms with Crippen molar-refractivity contribution in [2.75, 3.05) is 19.4 Å². The number of benzene rings is 2. The first-order chi connectivity index (χ1) is 23.1. The van der Waals surface area contributed by atoms with Crippen LogP contribution in [0.4, 0.5) is 0 Å². The second kappa shape index (κ2) is 14.3. The fourth-order valence-corrected chi connectivity index (χ4v) is 9.87. The molecule has 1 N–H and O–H groups in total. The largest absolute Gasteiger partial charge is 0.468 e. The highest BCUT2D eigenvalue weighted by Gasteiger charge is 2.65. The van der Waals surface area contributed by atoms with Crippen LogP contribution in [0.2, 0.25) is 5.02 Å². The first kappa shape index (κ1) is 36.7. The fourth-order valence-electron chi connectivity index (χ4n) is 7.32. The second-order valence-corrected chi connectivity index (χ2v) is 16.0. The lowest BCUT2D eigenvalue weighted by atomic mass is 9.70. The van der Waals surface area contributed by atoms with Gasteiger partial charge in [-0.1, -0.05) is 55.8 Å². The second-order valence-electron chi connectivity index (χ2n) is 13.1. The quantitative estimate of drug-likeness (QED) is 0.163. The number of halogens is 1. The molecule has 0 amide bonds. The van der Waals surface area contributed by atoms with Crippen molar-refractivity contribution < 1.29 is 46.4 Å². The minimum absolute atomic E-state index is 0.0152. The van der Waals surface area contributed by atoms with Gasteiger partial charge in [0, 0.05) is 36.3 Å². The monoisotopic (exact) mass is 731 g/mol. The Morgan fingerprint density at radius 1 is 1.10 bits per heavy atom. The Morgan fingerprint density at radius 2 is 1.80 bits per heavy atom. The van der Waals surface area contributed by atoms with Gasteiger partial charge in [-0.05, 0) is 66.0 Å². The highest BCUT2D eigenvalue weighted by Crippen LogP contribution is 2.64. The summed E-state index contributed by atoms with van der Waals surface area (Å²) in [6.07, 6.45) is 2.65. The molecule has 2 saturated carbocycles. The summed E-state index contributed by atoms with van der Waals surface area (Å²) in [4.78, 5) is 51.7. The van der Waals surface area contributed by atoms with Crippen molar-refractivity contribution in [1.29, 1.82) is 0 Å². The maximum Gasteiger partial charge on any atom is 0.348 e. The number of para-hydroxylation sites is 1. The summed E-state index contributed by atoms with van der Waals surface area (Å²) in [6, 6.07) is 14.8. The SMILES string of the molecule is CC1(C)[C@H]2CC[C@]1(CS(=O)(=O)O)C(=O)C2.COC(=O)[C@H](c1ccccc1Cl)N1CCc2sc(OC(=O)c3ccccc3OC(C)=O)cc2C1. The first-order valence-electron chi connectivity index (χ1n) is 15.7. The number of hydrogen-bond donors (Lipinski definition) is 1. The molecule has 11 nitrogen and oxygen atoms in total. The van der Waals surface area contributed by atoms with Crippen LogP contribution in [0.5, 0.6) is 10.8 Å². The molecule has 0 saturated heterocycles. The molecular weight excluding hydrogens is 694 g/mol. The molecule has 3 aliphatic rings. The van der Waals surface area contributed by atoms with Crippen molar-refractivity contribution in [2.45, 2.75) is 59.0 Å². The summed E-state index contributed by atoms with van der Waals surface area (Å²) >= 11 is 7.77. The zero-order chi connectivity index (χ0) is 35.7. The van der Waals surface area contributed by atoms with E-state index < -0.39 is 39.3 Å². The Bertz CT molecular complexity index is 1890. The van der Waals surface area contributed by atoms with Gasteiger partial charge in [-0.25, -0.2) is 9.59 Å². The average Bonchev–Trinajstić information content (AvgIpc) is 3.59. The van der Waals surface area contributed by atoms with Gasteiger partial charge < -0.3 is 14.2 Å². The van der Waals surface area contributed by atoms with Crippen LogP contribution in [-0.2, 0) is 42.2 Å². The minimum atomic E-state index is -4.08. The van der Waals surface area contributed by atoms with Gasteiger partial charge in [-0.15, -0.1) is 11.3 Å². The lowest BCUT2D eigenvalue weighted by Gasteiger charge is -2.35. The number of hydrogen-bond acceptors (Lipinski definition) is 11. The summed E-state index contributed by atoms with van der Waals surface area (Å²) in [5, 5.41) is 0.928. The zero-order valence-electron chi connectivity index (χ0n) is 27.6. The number of rotatable bonds is 8. The van der Waals surface area contributed by atoms with Gasteiger partial charge in [0.05, 0.1) is 18.3 Å². The van der Waals surface area contributed by atoms with E-state index in [9.17, 15) is 27.6 Å². The molecule has 2 aromatic carbocycles. The summed E-state index contributed by atoms with van der Waals surface area (Å²) in [7, 11) is -2.72. The fraction of sp³-hybridized carbons (Fsp3) is 0.429. The maximum absolute atomic E-state index is 12.8. The third kappa shape index (κ3) is 7.60. The van der Waals surface area contributed by atoms with Crippen LogP contribution >= 0.6 is 22.9 Å². The number of methoxy groups -OCH3 is 1. The van der Waals surface area contributed by atoms with Crippen molar-refractivity contribution in [1.82, 2.24) is 4.90 Å². The maximum atomic E-state index is 12.8. The van der Waals surface area contributed by atoms with Crippen molar-refractivity contribution in [3.8, 4) is 10.8 Å². The highest BCUT2D eigenvalue weighted by molar-refractivity contribution is 7.85. The Labute approximate surface area is 294 Å². The first-order valence-corrected chi connectivity index (χ1v) is 18.5. The van der Waals surface area contributed by atoms with E-state index in [-0.39, 0.29) is 34.4 Å². The Morgan fingerprint density at radius 3 is 2.41 bits per heavy atom. The smallest absolute Gasteiger partial charge is 0.348 e. The van der Waals surface area contributed by atoms with Crippen LogP contribution in [0, 0.1) is 16.7 Å². The Balaban J connectivity index is 0.000000259. The third-order valence-corrected chi connectivity index (χ3v) is 12.3. The number of carbonyl (C=O) groups is 4. The molecule has 14 heteroatoms. The molecule has 2 aliphatic carbocycles. The molecule has 6 rings (SSSR count). The number of esters is 3. The summed E-state index contributed by atoms with van der Waals surface area (Å²) in [6.45, 7) is 6.24. The average molecular weight is 732 g/mol. The number of thiophene rings is 1. The normalized spacial score (nSPS) is 21.6. The number of fused-ring (bicyclic) bond motifs is 3. The van der Waals surface area contributed by atoms with Crippen LogP contribution in [0.3, 0.4) is 0 Å². The molecule has 0 unspecified atom stereocenters. The lowest BCUT2D eigenvalue weighted by Crippen LogP contribution is -2.42. The van der Waals surface area contributed by atoms with Crippen LogP contribution < -0.4 is 9.47 Å². The van der Waals surface area contributed by atoms with E-state index in [1.54, 1.807) is 30.3 Å². The van der Waals surface area contributed by atoms with E-state index in [1.807, 2.05) is 36.9 Å². The molecule has 2 bridgehead atoms. The third-order valence-electron chi connectivity index (χ3n) is 9.98. The van der Waals surface area contributed by atoms with Gasteiger partial charge >= 0.3 is 17.9 Å². The molecule has 0 radical (unpaired) electrons. The topological polar surface area (TPSA) is 154 Å². The van der Waals surface area contributed by atoms with Crippen molar-refractivity contribution in [2.24, 2.45) is 16.7 Å². The van der Waals surface area contributed by atoms with Gasteiger partial charge in [0.2, 0.25) is 0 Å². The number of ether oxygens (including phenoxy) is 3. The standard InChI is InChI=1S/C25H22ClNO6S.C10H16O4S/c1-15(28)32-20-10-6-4-8-18(20)24(29)33-22-13-16-14-27(12-11-21(16)34-22)23(25(30)31-2)17-7-3-5-9-19(17)26;1-9(2)7-3-4-10(9,8(11)5-7)6-15(12,13)14/h3-10,13,23H,11-12,14H2,1-2H3;7H,3-6H2,1-2H3,(H,12,13,14)/t23-;7-,10-/m00/s1. The van der Waals surface area contributed by atoms with Gasteiger partial charge in [0.25, 0.3) is 10.1 Å². The molecular formula is C35H38ClNO10S2. The van der Waals surface area contributed by atoms with Crippen LogP contribution in [-0.4, -0.2) is 61.0 Å². The molecule has 262 valence electrons. The minimum Gasteiger partial charge on any atom is -0.468 e. The highest BCUT2D eigenvalue weighted by atomic mass is 35.5. The van der Waals surface area contributed by atoms with E-state index >= 15 is 0 Å². The van der Waals surface area contributed by atoms with Crippen LogP contribution in [0.25, 0.3) is 0 Å². The van der Waals surface area contributed by atoms with E-state index in [1.165, 1.54) is 31.4 Å².